The van der Waals surface area contributed by atoms with Crippen LogP contribution in [0.1, 0.15) is 18.1 Å². The van der Waals surface area contributed by atoms with Crippen LogP contribution in [0.15, 0.2) is 42.6 Å². The van der Waals surface area contributed by atoms with Gasteiger partial charge in [-0.05, 0) is 30.2 Å². The molecule has 0 aliphatic carbocycles. The van der Waals surface area contributed by atoms with Crippen molar-refractivity contribution in [1.29, 1.82) is 0 Å². The zero-order valence-corrected chi connectivity index (χ0v) is 9.77. The Bertz CT molecular complexity index is 521. The van der Waals surface area contributed by atoms with Gasteiger partial charge >= 0.3 is 0 Å². The smallest absolute Gasteiger partial charge is 0.123 e. The Hall–Kier alpha value is -2.03. The summed E-state index contributed by atoms with van der Waals surface area (Å²) < 4.78 is 0. The zero-order chi connectivity index (χ0) is 11.9. The number of pyridine rings is 1. The summed E-state index contributed by atoms with van der Waals surface area (Å²) in [5.74, 6) is 0.563. The summed E-state index contributed by atoms with van der Waals surface area (Å²) in [6, 6.07) is 12.3. The van der Waals surface area contributed by atoms with E-state index in [1.54, 1.807) is 0 Å². The van der Waals surface area contributed by atoms with Crippen molar-refractivity contribution in [3.8, 4) is 0 Å². The maximum atomic E-state index is 5.62. The van der Waals surface area contributed by atoms with Crippen molar-refractivity contribution in [1.82, 2.24) is 4.98 Å². The van der Waals surface area contributed by atoms with Crippen LogP contribution in [-0.2, 0) is 12.0 Å². The number of aromatic nitrogens is 1. The molecule has 1 aliphatic heterocycles. The fourth-order valence-electron chi connectivity index (χ4n) is 2.42. The van der Waals surface area contributed by atoms with Gasteiger partial charge in [-0.1, -0.05) is 24.3 Å². The topological polar surface area (TPSA) is 50.9 Å². The number of hydrogen-bond acceptors (Lipinski definition) is 3. The van der Waals surface area contributed by atoms with E-state index in [4.69, 9.17) is 5.73 Å². The highest BCUT2D eigenvalue weighted by Crippen LogP contribution is 2.38. The molecule has 2 heterocycles. The number of nitrogens with one attached hydrogen (secondary N) is 1. The summed E-state index contributed by atoms with van der Waals surface area (Å²) in [6.45, 7) is 2.19. The monoisotopic (exact) mass is 225 g/mol. The van der Waals surface area contributed by atoms with Crippen LogP contribution < -0.4 is 11.1 Å². The van der Waals surface area contributed by atoms with Crippen LogP contribution in [0.2, 0.25) is 0 Å². The van der Waals surface area contributed by atoms with Crippen LogP contribution >= 0.6 is 0 Å². The standard InChI is InChI=1S/C14H15N3/c1-14(11-6-7-13(15)16-9-11)8-10-4-2-3-5-12(10)17-14/h2-7,9,17H,8H2,1H3,(H2,15,16). The number of para-hydroxylation sites is 1. The molecule has 0 saturated heterocycles. The third-order valence-corrected chi connectivity index (χ3v) is 3.40. The zero-order valence-electron chi connectivity index (χ0n) is 9.77. The van der Waals surface area contributed by atoms with Gasteiger partial charge in [0.05, 0.1) is 5.54 Å². The minimum absolute atomic E-state index is 0.0790. The van der Waals surface area contributed by atoms with Crippen molar-refractivity contribution in [2.75, 3.05) is 11.1 Å². The van der Waals surface area contributed by atoms with Crippen molar-refractivity contribution in [3.63, 3.8) is 0 Å². The van der Waals surface area contributed by atoms with E-state index < -0.39 is 0 Å². The van der Waals surface area contributed by atoms with Gasteiger partial charge < -0.3 is 11.1 Å². The third kappa shape index (κ3) is 1.64. The number of fused-ring (bicyclic) bond motifs is 1. The van der Waals surface area contributed by atoms with E-state index in [-0.39, 0.29) is 5.54 Å². The predicted octanol–water partition coefficient (Wildman–Crippen LogP) is 2.55. The first-order chi connectivity index (χ1) is 8.17. The van der Waals surface area contributed by atoms with Crippen LogP contribution in [0.25, 0.3) is 0 Å². The van der Waals surface area contributed by atoms with Crippen molar-refractivity contribution in [2.45, 2.75) is 18.9 Å². The molecule has 86 valence electrons. The Balaban J connectivity index is 1.98. The number of benzene rings is 1. The quantitative estimate of drug-likeness (QED) is 0.784. The highest BCUT2D eigenvalue weighted by molar-refractivity contribution is 5.60. The Morgan fingerprint density at radius 1 is 1.24 bits per heavy atom. The summed E-state index contributed by atoms with van der Waals surface area (Å²) in [5, 5.41) is 3.57. The molecule has 1 atom stereocenters. The molecule has 2 aromatic rings. The maximum Gasteiger partial charge on any atom is 0.123 e. The lowest BCUT2D eigenvalue weighted by Gasteiger charge is -2.25. The van der Waals surface area contributed by atoms with Gasteiger partial charge in [-0.3, -0.25) is 0 Å². The number of nitrogens with two attached hydrogens (primary N) is 1. The average Bonchev–Trinajstić information content (AvgIpc) is 2.67. The minimum Gasteiger partial charge on any atom is -0.384 e. The lowest BCUT2D eigenvalue weighted by molar-refractivity contribution is 0.567. The molecule has 1 aromatic heterocycles. The van der Waals surface area contributed by atoms with Gasteiger partial charge in [0.1, 0.15) is 5.82 Å². The number of hydrogen-bond donors (Lipinski definition) is 2. The van der Waals surface area contributed by atoms with Gasteiger partial charge in [-0.2, -0.15) is 0 Å². The second-order valence-electron chi connectivity index (χ2n) is 4.76. The number of anilines is 2. The first-order valence-electron chi connectivity index (χ1n) is 5.75. The fraction of sp³-hybridized carbons (Fsp3) is 0.214. The van der Waals surface area contributed by atoms with E-state index >= 15 is 0 Å². The highest BCUT2D eigenvalue weighted by atomic mass is 15.0. The Labute approximate surface area is 101 Å². The molecule has 0 amide bonds. The normalized spacial score (nSPS) is 21.9. The molecule has 0 bridgehead atoms. The van der Waals surface area contributed by atoms with E-state index in [0.29, 0.717) is 5.82 Å². The molecule has 1 aromatic carbocycles. The summed E-state index contributed by atoms with van der Waals surface area (Å²) in [7, 11) is 0. The average molecular weight is 225 g/mol. The minimum atomic E-state index is -0.0790. The Morgan fingerprint density at radius 2 is 2.06 bits per heavy atom. The molecule has 0 fully saturated rings. The van der Waals surface area contributed by atoms with Crippen LogP contribution in [0.4, 0.5) is 11.5 Å². The molecular weight excluding hydrogens is 210 g/mol. The molecule has 3 heteroatoms. The molecule has 17 heavy (non-hydrogen) atoms. The second-order valence-corrected chi connectivity index (χ2v) is 4.76. The summed E-state index contributed by atoms with van der Waals surface area (Å²) in [4.78, 5) is 4.17. The van der Waals surface area contributed by atoms with E-state index in [9.17, 15) is 0 Å². The molecule has 0 saturated carbocycles. The van der Waals surface area contributed by atoms with Crippen LogP contribution in [0, 0.1) is 0 Å². The second kappa shape index (κ2) is 3.48. The highest BCUT2D eigenvalue weighted by Gasteiger charge is 2.33. The van der Waals surface area contributed by atoms with Gasteiger partial charge in [-0.15, -0.1) is 0 Å². The van der Waals surface area contributed by atoms with Crippen LogP contribution in [-0.4, -0.2) is 4.98 Å². The molecule has 0 radical (unpaired) electrons. The molecule has 3 N–H and O–H groups in total. The SMILES string of the molecule is CC1(c2ccc(N)nc2)Cc2ccccc2N1. The van der Waals surface area contributed by atoms with Gasteiger partial charge in [0.2, 0.25) is 0 Å². The molecule has 3 rings (SSSR count). The third-order valence-electron chi connectivity index (χ3n) is 3.40. The molecule has 1 unspecified atom stereocenters. The van der Waals surface area contributed by atoms with Crippen molar-refractivity contribution in [3.05, 3.63) is 53.7 Å². The number of rotatable bonds is 1. The van der Waals surface area contributed by atoms with E-state index in [2.05, 4.69) is 41.5 Å². The van der Waals surface area contributed by atoms with Crippen molar-refractivity contribution >= 4 is 11.5 Å². The molecule has 0 spiro atoms. The predicted molar refractivity (Wildman–Crippen MR) is 69.8 cm³/mol. The maximum absolute atomic E-state index is 5.62. The largest absolute Gasteiger partial charge is 0.384 e. The molecule has 1 aliphatic rings. The fourth-order valence-corrected chi connectivity index (χ4v) is 2.42. The van der Waals surface area contributed by atoms with E-state index in [0.717, 1.165) is 6.42 Å². The van der Waals surface area contributed by atoms with Crippen LogP contribution in [0.5, 0.6) is 0 Å². The summed E-state index contributed by atoms with van der Waals surface area (Å²) in [5.41, 5.74) is 9.28. The first-order valence-corrected chi connectivity index (χ1v) is 5.75. The first kappa shape index (κ1) is 10.1. The molecular formula is C14H15N3. The van der Waals surface area contributed by atoms with Gasteiger partial charge in [0.25, 0.3) is 0 Å². The lowest BCUT2D eigenvalue weighted by atomic mass is 9.90. The Kier molecular flexibility index (Phi) is 2.08. The van der Waals surface area contributed by atoms with Gasteiger partial charge in [0, 0.05) is 18.3 Å². The van der Waals surface area contributed by atoms with Crippen molar-refractivity contribution < 1.29 is 0 Å². The number of nitrogens with zero attached hydrogens (tertiary/aromatic N) is 1. The Morgan fingerprint density at radius 3 is 2.76 bits per heavy atom. The summed E-state index contributed by atoms with van der Waals surface area (Å²) in [6.07, 6.45) is 2.84. The number of nitrogen functional groups attached to an aromatic ring is 1. The molecule has 3 nitrogen and oxygen atoms in total. The summed E-state index contributed by atoms with van der Waals surface area (Å²) >= 11 is 0. The van der Waals surface area contributed by atoms with Crippen LogP contribution in [0.3, 0.4) is 0 Å². The van der Waals surface area contributed by atoms with Gasteiger partial charge in [0.15, 0.2) is 0 Å². The lowest BCUT2D eigenvalue weighted by Crippen LogP contribution is -2.29. The van der Waals surface area contributed by atoms with E-state index in [1.165, 1.54) is 16.8 Å². The van der Waals surface area contributed by atoms with E-state index in [1.807, 2.05) is 18.3 Å². The van der Waals surface area contributed by atoms with Gasteiger partial charge in [-0.25, -0.2) is 4.98 Å². The van der Waals surface area contributed by atoms with Crippen molar-refractivity contribution in [2.24, 2.45) is 0 Å².